The first-order chi connectivity index (χ1) is 16.3. The fourth-order valence-corrected chi connectivity index (χ4v) is 7.05. The Morgan fingerprint density at radius 2 is 1.79 bits per heavy atom. The zero-order valence-corrected chi connectivity index (χ0v) is 21.4. The predicted octanol–water partition coefficient (Wildman–Crippen LogP) is 3.55. The summed E-state index contributed by atoms with van der Waals surface area (Å²) < 4.78 is 33.2. The fourth-order valence-electron chi connectivity index (χ4n) is 4.88. The Labute approximate surface area is 211 Å². The molecule has 1 spiro atoms. The van der Waals surface area contributed by atoms with Crippen LogP contribution >= 0.6 is 23.2 Å². The lowest BCUT2D eigenvalue weighted by atomic mass is 9.97. The number of ether oxygens (including phenoxy) is 1. The van der Waals surface area contributed by atoms with Crippen LogP contribution in [0.1, 0.15) is 24.8 Å². The highest BCUT2D eigenvalue weighted by Crippen LogP contribution is 2.37. The SMILES string of the molecule is COCCCN1C(=O)[C@H](Cc2ccccc2)NC12CCN(S(=O)(=O)c1cccc(Cl)c1Cl)CC2. The third-order valence-corrected chi connectivity index (χ3v) is 9.49. The molecular formula is C24H29Cl2N3O4S. The highest BCUT2D eigenvalue weighted by atomic mass is 35.5. The minimum absolute atomic E-state index is 0.00646. The summed E-state index contributed by atoms with van der Waals surface area (Å²) in [7, 11) is -2.17. The molecule has 1 atom stereocenters. The van der Waals surface area contributed by atoms with Crippen molar-refractivity contribution in [2.75, 3.05) is 33.4 Å². The average molecular weight is 526 g/mol. The van der Waals surface area contributed by atoms with Crippen LogP contribution in [-0.4, -0.2) is 68.6 Å². The summed E-state index contributed by atoms with van der Waals surface area (Å²) in [4.78, 5) is 15.3. The highest BCUT2D eigenvalue weighted by molar-refractivity contribution is 7.89. The first kappa shape index (κ1) is 25.4. The minimum atomic E-state index is -3.81. The van der Waals surface area contributed by atoms with Crippen molar-refractivity contribution >= 4 is 39.1 Å². The zero-order chi connectivity index (χ0) is 24.3. The molecule has 2 aliphatic rings. The van der Waals surface area contributed by atoms with Gasteiger partial charge in [-0.15, -0.1) is 0 Å². The first-order valence-corrected chi connectivity index (χ1v) is 13.5. The predicted molar refractivity (Wildman–Crippen MR) is 132 cm³/mol. The lowest BCUT2D eigenvalue weighted by molar-refractivity contribution is -0.133. The molecule has 2 aromatic carbocycles. The quantitative estimate of drug-likeness (QED) is 0.533. The van der Waals surface area contributed by atoms with Gasteiger partial charge >= 0.3 is 0 Å². The molecule has 2 aromatic rings. The molecular weight excluding hydrogens is 497 g/mol. The standard InChI is InChI=1S/C24H29Cl2N3O4S/c1-33-16-6-13-29-23(30)20(17-18-7-3-2-4-8-18)27-24(29)11-14-28(15-12-24)34(31,32)21-10-5-9-19(25)22(21)26/h2-5,7-10,20,27H,6,11-17H2,1H3/t20-/m0/s1. The molecule has 4 rings (SSSR count). The van der Waals surface area contributed by atoms with Gasteiger partial charge in [-0.1, -0.05) is 59.6 Å². The second kappa shape index (κ2) is 10.5. The van der Waals surface area contributed by atoms with E-state index in [1.807, 2.05) is 35.2 Å². The van der Waals surface area contributed by atoms with Crippen molar-refractivity contribution in [1.82, 2.24) is 14.5 Å². The molecule has 1 N–H and O–H groups in total. The molecule has 0 aromatic heterocycles. The summed E-state index contributed by atoms with van der Waals surface area (Å²) in [6, 6.07) is 14.2. The molecule has 34 heavy (non-hydrogen) atoms. The molecule has 0 aliphatic carbocycles. The van der Waals surface area contributed by atoms with E-state index in [1.165, 1.54) is 10.4 Å². The van der Waals surface area contributed by atoms with Crippen LogP contribution in [0, 0.1) is 0 Å². The molecule has 1 amide bonds. The number of halogens is 2. The number of nitrogens with zero attached hydrogens (tertiary/aromatic N) is 2. The van der Waals surface area contributed by atoms with Crippen LogP contribution < -0.4 is 5.32 Å². The van der Waals surface area contributed by atoms with Crippen molar-refractivity contribution in [3.8, 4) is 0 Å². The van der Waals surface area contributed by atoms with E-state index < -0.39 is 15.7 Å². The number of piperidine rings is 1. The van der Waals surface area contributed by atoms with Crippen molar-refractivity contribution in [3.05, 3.63) is 64.1 Å². The van der Waals surface area contributed by atoms with E-state index in [0.717, 1.165) is 5.56 Å². The molecule has 2 heterocycles. The smallest absolute Gasteiger partial charge is 0.244 e. The monoisotopic (exact) mass is 525 g/mol. The van der Waals surface area contributed by atoms with Gasteiger partial charge in [0, 0.05) is 33.4 Å². The van der Waals surface area contributed by atoms with Gasteiger partial charge in [-0.2, -0.15) is 4.31 Å². The van der Waals surface area contributed by atoms with E-state index in [9.17, 15) is 13.2 Å². The number of methoxy groups -OCH3 is 1. The van der Waals surface area contributed by atoms with Gasteiger partial charge in [-0.25, -0.2) is 8.42 Å². The zero-order valence-electron chi connectivity index (χ0n) is 19.0. The summed E-state index contributed by atoms with van der Waals surface area (Å²) in [5.74, 6) is 0.0501. The molecule has 0 bridgehead atoms. The van der Waals surface area contributed by atoms with E-state index in [1.54, 1.807) is 19.2 Å². The summed E-state index contributed by atoms with van der Waals surface area (Å²) in [5.41, 5.74) is 0.492. The number of hydrogen-bond donors (Lipinski definition) is 1. The van der Waals surface area contributed by atoms with Crippen LogP contribution in [0.3, 0.4) is 0 Å². The van der Waals surface area contributed by atoms with Crippen molar-refractivity contribution in [2.45, 2.75) is 42.3 Å². The Kier molecular flexibility index (Phi) is 7.86. The average Bonchev–Trinajstić information content (AvgIpc) is 3.07. The Balaban J connectivity index is 1.53. The molecule has 184 valence electrons. The van der Waals surface area contributed by atoms with Gasteiger partial charge in [0.2, 0.25) is 15.9 Å². The van der Waals surface area contributed by atoms with Crippen LogP contribution in [0.15, 0.2) is 53.4 Å². The van der Waals surface area contributed by atoms with Crippen molar-refractivity contribution < 1.29 is 17.9 Å². The van der Waals surface area contributed by atoms with Crippen molar-refractivity contribution in [2.24, 2.45) is 0 Å². The van der Waals surface area contributed by atoms with Gasteiger partial charge in [0.15, 0.2) is 0 Å². The molecule has 2 aliphatic heterocycles. The van der Waals surface area contributed by atoms with Crippen LogP contribution in [0.4, 0.5) is 0 Å². The summed E-state index contributed by atoms with van der Waals surface area (Å²) in [6.45, 7) is 1.64. The van der Waals surface area contributed by atoms with E-state index >= 15 is 0 Å². The normalized spacial score (nSPS) is 20.9. The molecule has 7 nitrogen and oxygen atoms in total. The van der Waals surface area contributed by atoms with E-state index in [0.29, 0.717) is 38.8 Å². The fraction of sp³-hybridized carbons (Fsp3) is 0.458. The van der Waals surface area contributed by atoms with E-state index in [4.69, 9.17) is 27.9 Å². The van der Waals surface area contributed by atoms with E-state index in [2.05, 4.69) is 5.32 Å². The number of carbonyl (C=O) groups excluding carboxylic acids is 1. The van der Waals surface area contributed by atoms with E-state index in [-0.39, 0.29) is 40.0 Å². The Morgan fingerprint density at radius 1 is 1.09 bits per heavy atom. The highest BCUT2D eigenvalue weighted by Gasteiger charge is 2.52. The number of hydrogen-bond acceptors (Lipinski definition) is 5. The van der Waals surface area contributed by atoms with Gasteiger partial charge in [0.25, 0.3) is 0 Å². The number of carbonyl (C=O) groups is 1. The van der Waals surface area contributed by atoms with Gasteiger partial charge in [0.05, 0.1) is 21.7 Å². The summed E-state index contributed by atoms with van der Waals surface area (Å²) >= 11 is 12.3. The first-order valence-electron chi connectivity index (χ1n) is 11.3. The number of sulfonamides is 1. The van der Waals surface area contributed by atoms with Crippen molar-refractivity contribution in [3.63, 3.8) is 0 Å². The Bertz CT molecular complexity index is 1120. The second-order valence-corrected chi connectivity index (χ2v) is 11.4. The number of benzene rings is 2. The Hall–Kier alpha value is -1.68. The van der Waals surface area contributed by atoms with Crippen LogP contribution in [-0.2, 0) is 26.0 Å². The largest absolute Gasteiger partial charge is 0.385 e. The van der Waals surface area contributed by atoms with Crippen LogP contribution in [0.5, 0.6) is 0 Å². The molecule has 0 radical (unpaired) electrons. The third-order valence-electron chi connectivity index (χ3n) is 6.62. The van der Waals surface area contributed by atoms with Gasteiger partial charge < -0.3 is 9.64 Å². The second-order valence-electron chi connectivity index (χ2n) is 8.71. The number of rotatable bonds is 8. The van der Waals surface area contributed by atoms with Crippen LogP contribution in [0.25, 0.3) is 0 Å². The number of amides is 1. The van der Waals surface area contributed by atoms with Gasteiger partial charge in [-0.3, -0.25) is 10.1 Å². The third kappa shape index (κ3) is 4.98. The summed E-state index contributed by atoms with van der Waals surface area (Å²) in [6.07, 6.45) is 2.26. The minimum Gasteiger partial charge on any atom is -0.385 e. The molecule has 10 heteroatoms. The van der Waals surface area contributed by atoms with Gasteiger partial charge in [-0.05, 0) is 43.4 Å². The van der Waals surface area contributed by atoms with Gasteiger partial charge in [0.1, 0.15) is 4.90 Å². The molecule has 0 saturated carbocycles. The maximum atomic E-state index is 13.4. The van der Waals surface area contributed by atoms with Crippen molar-refractivity contribution in [1.29, 1.82) is 0 Å². The molecule has 0 unspecified atom stereocenters. The maximum absolute atomic E-state index is 13.4. The Morgan fingerprint density at radius 3 is 2.47 bits per heavy atom. The van der Waals surface area contributed by atoms with Crippen LogP contribution in [0.2, 0.25) is 10.0 Å². The lowest BCUT2D eigenvalue weighted by Gasteiger charge is -2.44. The maximum Gasteiger partial charge on any atom is 0.244 e. The molecule has 2 saturated heterocycles. The number of nitrogens with one attached hydrogen (secondary N) is 1. The summed E-state index contributed by atoms with van der Waals surface area (Å²) in [5, 5.41) is 3.81. The lowest BCUT2D eigenvalue weighted by Crippen LogP contribution is -2.59. The topological polar surface area (TPSA) is 79.0 Å². The molecule has 2 fully saturated rings.